The number of benzene rings is 2. The molecule has 2 aromatic carbocycles. The molecule has 0 aliphatic carbocycles. The molecule has 2 aromatic rings. The molecule has 0 aromatic heterocycles. The molecular formula is C25H33Cl2FN2O4S. The summed E-state index contributed by atoms with van der Waals surface area (Å²) in [7, 11) is 0. The summed E-state index contributed by atoms with van der Waals surface area (Å²) in [6.07, 6.45) is 3.20. The molecule has 3 heterocycles. The number of ether oxygens (including phenoxy) is 4. The number of nitrogens with one attached hydrogen (secondary N) is 1. The van der Waals surface area contributed by atoms with Gasteiger partial charge in [0.25, 0.3) is 0 Å². The van der Waals surface area contributed by atoms with Crippen molar-refractivity contribution in [2.45, 2.75) is 30.6 Å². The van der Waals surface area contributed by atoms with Crippen molar-refractivity contribution in [1.29, 1.82) is 0 Å². The third-order valence-electron chi connectivity index (χ3n) is 6.56. The standard InChI is InChI=1S/C25H31FN2O4S.2ClH/c26-20-5-3-18(4-6-20)22-9-12-28(11-1-2-25-29-13-10-27-33-25)15-19(22)16-30-21-7-8-23-24(14-21)32-17-31-23;;/h3-8,14,19,22,25,27H,1-2,9-13,15-17H2;2*1H/t19-,22-,25?;;/m0../s1. The first kappa shape index (κ1) is 28.2. The summed E-state index contributed by atoms with van der Waals surface area (Å²) in [6, 6.07) is 12.7. The number of hydrogen-bond acceptors (Lipinski definition) is 7. The molecule has 0 spiro atoms. The van der Waals surface area contributed by atoms with Gasteiger partial charge in [-0.15, -0.1) is 24.8 Å². The fourth-order valence-corrected chi connectivity index (χ4v) is 5.68. The maximum absolute atomic E-state index is 13.5. The molecule has 2 fully saturated rings. The van der Waals surface area contributed by atoms with Gasteiger partial charge < -0.3 is 23.8 Å². The van der Waals surface area contributed by atoms with Crippen LogP contribution in [0, 0.1) is 11.7 Å². The van der Waals surface area contributed by atoms with Crippen molar-refractivity contribution >= 4 is 36.8 Å². The van der Waals surface area contributed by atoms with Gasteiger partial charge in [0.05, 0.1) is 13.2 Å². The molecule has 0 bridgehead atoms. The number of nitrogens with zero attached hydrogens (tertiary/aromatic N) is 1. The first-order valence-electron chi connectivity index (χ1n) is 11.7. The Bertz CT molecular complexity index is 921. The van der Waals surface area contributed by atoms with Gasteiger partial charge in [0.15, 0.2) is 11.5 Å². The predicted molar refractivity (Wildman–Crippen MR) is 141 cm³/mol. The van der Waals surface area contributed by atoms with Crippen LogP contribution in [0.25, 0.3) is 0 Å². The first-order valence-corrected chi connectivity index (χ1v) is 12.6. The van der Waals surface area contributed by atoms with Gasteiger partial charge in [-0.25, -0.2) is 4.39 Å². The maximum Gasteiger partial charge on any atom is 0.231 e. The van der Waals surface area contributed by atoms with Crippen LogP contribution in [0.3, 0.4) is 0 Å². The lowest BCUT2D eigenvalue weighted by Crippen LogP contribution is -2.42. The Hall–Kier alpha value is -1.42. The lowest BCUT2D eigenvalue weighted by Gasteiger charge is -2.39. The highest BCUT2D eigenvalue weighted by molar-refractivity contribution is 7.97. The number of hydrogen-bond donors (Lipinski definition) is 1. The molecule has 3 aliphatic rings. The summed E-state index contributed by atoms with van der Waals surface area (Å²) in [5.41, 5.74) is 1.44. The van der Waals surface area contributed by atoms with Gasteiger partial charge in [0.1, 0.15) is 17.0 Å². The predicted octanol–water partition coefficient (Wildman–Crippen LogP) is 5.26. The lowest BCUT2D eigenvalue weighted by atomic mass is 9.80. The summed E-state index contributed by atoms with van der Waals surface area (Å²) >= 11 is 1.70. The summed E-state index contributed by atoms with van der Waals surface area (Å²) in [6.45, 7) is 5.62. The second kappa shape index (κ2) is 13.8. The molecule has 2 saturated heterocycles. The number of halogens is 3. The summed E-state index contributed by atoms with van der Waals surface area (Å²) in [5.74, 6) is 2.74. The van der Waals surface area contributed by atoms with Gasteiger partial charge in [0, 0.05) is 25.1 Å². The molecule has 10 heteroatoms. The lowest BCUT2D eigenvalue weighted by molar-refractivity contribution is 0.0871. The zero-order valence-corrected chi connectivity index (χ0v) is 22.0. The van der Waals surface area contributed by atoms with Crippen molar-refractivity contribution < 1.29 is 23.3 Å². The molecule has 194 valence electrons. The summed E-state index contributed by atoms with van der Waals surface area (Å²) in [5, 5.41) is 0. The summed E-state index contributed by atoms with van der Waals surface area (Å²) in [4.78, 5) is 2.54. The topological polar surface area (TPSA) is 52.2 Å². The van der Waals surface area contributed by atoms with Crippen molar-refractivity contribution in [3.63, 3.8) is 0 Å². The minimum absolute atomic E-state index is 0. The van der Waals surface area contributed by atoms with E-state index in [0.29, 0.717) is 18.4 Å². The Morgan fingerprint density at radius 2 is 1.91 bits per heavy atom. The summed E-state index contributed by atoms with van der Waals surface area (Å²) < 4.78 is 39.7. The fraction of sp³-hybridized carbons (Fsp3) is 0.520. The van der Waals surface area contributed by atoms with Crippen molar-refractivity contribution in [2.24, 2.45) is 5.92 Å². The van der Waals surface area contributed by atoms with E-state index in [4.69, 9.17) is 18.9 Å². The highest BCUT2D eigenvalue weighted by atomic mass is 35.5. The van der Waals surface area contributed by atoms with E-state index < -0.39 is 0 Å². The Labute approximate surface area is 223 Å². The second-order valence-corrected chi connectivity index (χ2v) is 9.84. The van der Waals surface area contributed by atoms with Crippen molar-refractivity contribution in [1.82, 2.24) is 9.62 Å². The molecule has 0 saturated carbocycles. The molecule has 35 heavy (non-hydrogen) atoms. The molecule has 1 unspecified atom stereocenters. The Balaban J connectivity index is 0.00000171. The van der Waals surface area contributed by atoms with Crippen LogP contribution in [0.2, 0.25) is 0 Å². The van der Waals surface area contributed by atoms with E-state index in [2.05, 4.69) is 9.62 Å². The Morgan fingerprint density at radius 1 is 1.09 bits per heavy atom. The number of rotatable bonds is 8. The first-order chi connectivity index (χ1) is 16.2. The van der Waals surface area contributed by atoms with E-state index in [1.54, 1.807) is 24.1 Å². The smallest absolute Gasteiger partial charge is 0.231 e. The van der Waals surface area contributed by atoms with E-state index in [0.717, 1.165) is 69.3 Å². The highest BCUT2D eigenvalue weighted by Gasteiger charge is 2.31. The van der Waals surface area contributed by atoms with Crippen LogP contribution in [0.15, 0.2) is 42.5 Å². The number of piperidine rings is 1. The van der Waals surface area contributed by atoms with Crippen LogP contribution in [0.1, 0.15) is 30.7 Å². The quantitative estimate of drug-likeness (QED) is 0.453. The van der Waals surface area contributed by atoms with Crippen LogP contribution >= 0.6 is 36.8 Å². The maximum atomic E-state index is 13.5. The van der Waals surface area contributed by atoms with Gasteiger partial charge in [-0.1, -0.05) is 12.1 Å². The van der Waals surface area contributed by atoms with Crippen molar-refractivity contribution in [2.75, 3.05) is 46.2 Å². The monoisotopic (exact) mass is 546 g/mol. The van der Waals surface area contributed by atoms with E-state index >= 15 is 0 Å². The highest BCUT2D eigenvalue weighted by Crippen LogP contribution is 2.37. The van der Waals surface area contributed by atoms with E-state index in [-0.39, 0.29) is 42.9 Å². The second-order valence-electron chi connectivity index (χ2n) is 8.79. The average molecular weight is 548 g/mol. The molecule has 3 atom stereocenters. The number of likely N-dealkylation sites (tertiary alicyclic amines) is 1. The zero-order valence-electron chi connectivity index (χ0n) is 19.5. The van der Waals surface area contributed by atoms with Crippen molar-refractivity contribution in [3.05, 3.63) is 53.8 Å². The largest absolute Gasteiger partial charge is 0.493 e. The third kappa shape index (κ3) is 7.54. The molecule has 3 aliphatic heterocycles. The minimum Gasteiger partial charge on any atom is -0.493 e. The molecule has 0 radical (unpaired) electrons. The van der Waals surface area contributed by atoms with Gasteiger partial charge in [-0.05, 0) is 80.0 Å². The average Bonchev–Trinajstić information content (AvgIpc) is 3.32. The minimum atomic E-state index is -0.193. The van der Waals surface area contributed by atoms with E-state index in [1.165, 1.54) is 5.56 Å². The van der Waals surface area contributed by atoms with Gasteiger partial charge in [-0.2, -0.15) is 0 Å². The molecular weight excluding hydrogens is 514 g/mol. The SMILES string of the molecule is Cl.Cl.Fc1ccc([C@@H]2CCN(CCCC3OCCNS3)C[C@H]2COc2ccc3c(c2)OCO3)cc1. The van der Waals surface area contributed by atoms with Crippen LogP contribution in [-0.2, 0) is 4.74 Å². The third-order valence-corrected chi connectivity index (χ3v) is 7.57. The van der Waals surface area contributed by atoms with Crippen LogP contribution in [-0.4, -0.2) is 56.5 Å². The molecule has 5 rings (SSSR count). The molecule has 1 N–H and O–H groups in total. The Morgan fingerprint density at radius 3 is 2.71 bits per heavy atom. The fourth-order valence-electron chi connectivity index (χ4n) is 4.84. The van der Waals surface area contributed by atoms with Gasteiger partial charge in [-0.3, -0.25) is 4.72 Å². The van der Waals surface area contributed by atoms with Gasteiger partial charge >= 0.3 is 0 Å². The number of fused-ring (bicyclic) bond motifs is 1. The van der Waals surface area contributed by atoms with Crippen molar-refractivity contribution in [3.8, 4) is 17.2 Å². The van der Waals surface area contributed by atoms with Crippen LogP contribution in [0.5, 0.6) is 17.2 Å². The Kier molecular flexibility index (Phi) is 11.1. The molecule has 6 nitrogen and oxygen atoms in total. The van der Waals surface area contributed by atoms with Gasteiger partial charge in [0.2, 0.25) is 6.79 Å². The normalized spacial score (nSPS) is 23.7. The molecule has 0 amide bonds. The zero-order chi connectivity index (χ0) is 22.5. The van der Waals surface area contributed by atoms with E-state index in [9.17, 15) is 4.39 Å². The van der Waals surface area contributed by atoms with E-state index in [1.807, 2.05) is 30.3 Å². The van der Waals surface area contributed by atoms with Crippen LogP contribution in [0.4, 0.5) is 4.39 Å². The van der Waals surface area contributed by atoms with Crippen LogP contribution < -0.4 is 18.9 Å².